The molecule has 2 aromatic heterocycles. The van der Waals surface area contributed by atoms with E-state index < -0.39 is 0 Å². The minimum Gasteiger partial charge on any atom is -0.294 e. The van der Waals surface area contributed by atoms with Crippen LogP contribution in [-0.4, -0.2) is 25.7 Å². The summed E-state index contributed by atoms with van der Waals surface area (Å²) in [4.78, 5) is 27.6. The lowest BCUT2D eigenvalue weighted by Gasteiger charge is -2.03. The van der Waals surface area contributed by atoms with Crippen molar-refractivity contribution in [3.8, 4) is 11.5 Å². The van der Waals surface area contributed by atoms with Crippen LogP contribution in [-0.2, 0) is 0 Å². The molecule has 0 atom stereocenters. The van der Waals surface area contributed by atoms with Crippen LogP contribution in [0.5, 0.6) is 0 Å². The molecule has 0 saturated carbocycles. The molecule has 0 N–H and O–H groups in total. The van der Waals surface area contributed by atoms with Gasteiger partial charge in [0.05, 0.1) is 17.5 Å². The standard InChI is InChI=1S/C11H10N4O/c1-7-9(8(2)16)5-14-11(15-7)10-6-12-3-4-13-10/h3-6H,1-2H3. The molecule has 0 radical (unpaired) electrons. The maximum Gasteiger partial charge on any atom is 0.179 e. The smallest absolute Gasteiger partial charge is 0.179 e. The lowest BCUT2D eigenvalue weighted by molar-refractivity contribution is 0.101. The van der Waals surface area contributed by atoms with Gasteiger partial charge in [0.2, 0.25) is 0 Å². The van der Waals surface area contributed by atoms with Gasteiger partial charge in [0, 0.05) is 18.6 Å². The molecular formula is C11H10N4O. The Morgan fingerprint density at radius 3 is 2.56 bits per heavy atom. The fraction of sp³-hybridized carbons (Fsp3) is 0.182. The first kappa shape index (κ1) is 10.4. The zero-order valence-electron chi connectivity index (χ0n) is 9.01. The molecule has 0 unspecified atom stereocenters. The molecule has 2 aromatic rings. The summed E-state index contributed by atoms with van der Waals surface area (Å²) < 4.78 is 0. The van der Waals surface area contributed by atoms with Gasteiger partial charge in [0.15, 0.2) is 11.6 Å². The van der Waals surface area contributed by atoms with Crippen molar-refractivity contribution in [3.05, 3.63) is 36.0 Å². The molecule has 0 fully saturated rings. The molecule has 0 amide bonds. The van der Waals surface area contributed by atoms with Crippen LogP contribution in [0.2, 0.25) is 0 Å². The number of ketones is 1. The Morgan fingerprint density at radius 2 is 2.00 bits per heavy atom. The Hall–Kier alpha value is -2.17. The van der Waals surface area contributed by atoms with E-state index in [1.54, 1.807) is 25.5 Å². The molecule has 0 spiro atoms. The van der Waals surface area contributed by atoms with Gasteiger partial charge in [-0.2, -0.15) is 0 Å². The van der Waals surface area contributed by atoms with Crippen LogP contribution in [0.25, 0.3) is 11.5 Å². The van der Waals surface area contributed by atoms with E-state index in [1.165, 1.54) is 13.1 Å². The molecule has 0 aliphatic heterocycles. The van der Waals surface area contributed by atoms with E-state index in [4.69, 9.17) is 0 Å². The van der Waals surface area contributed by atoms with E-state index in [1.807, 2.05) is 0 Å². The number of nitrogens with zero attached hydrogens (tertiary/aromatic N) is 4. The fourth-order valence-corrected chi connectivity index (χ4v) is 1.35. The lowest BCUT2D eigenvalue weighted by Crippen LogP contribution is -2.02. The lowest BCUT2D eigenvalue weighted by atomic mass is 10.2. The fourth-order valence-electron chi connectivity index (χ4n) is 1.35. The van der Waals surface area contributed by atoms with Crippen LogP contribution in [0.15, 0.2) is 24.8 Å². The largest absolute Gasteiger partial charge is 0.294 e. The van der Waals surface area contributed by atoms with Gasteiger partial charge in [-0.15, -0.1) is 0 Å². The van der Waals surface area contributed by atoms with Crippen LogP contribution in [0, 0.1) is 6.92 Å². The van der Waals surface area contributed by atoms with Crippen molar-refractivity contribution >= 4 is 5.78 Å². The van der Waals surface area contributed by atoms with E-state index >= 15 is 0 Å². The van der Waals surface area contributed by atoms with Crippen molar-refractivity contribution in [1.29, 1.82) is 0 Å². The third kappa shape index (κ3) is 1.93. The Morgan fingerprint density at radius 1 is 1.19 bits per heavy atom. The number of rotatable bonds is 2. The Kier molecular flexibility index (Phi) is 2.68. The van der Waals surface area contributed by atoms with Gasteiger partial charge in [0.25, 0.3) is 0 Å². The quantitative estimate of drug-likeness (QED) is 0.707. The van der Waals surface area contributed by atoms with Gasteiger partial charge >= 0.3 is 0 Å². The van der Waals surface area contributed by atoms with Gasteiger partial charge < -0.3 is 0 Å². The second-order valence-electron chi connectivity index (χ2n) is 3.34. The third-order valence-corrected chi connectivity index (χ3v) is 2.15. The summed E-state index contributed by atoms with van der Waals surface area (Å²) in [5.74, 6) is 0.443. The van der Waals surface area contributed by atoms with Crippen molar-refractivity contribution in [1.82, 2.24) is 19.9 Å². The summed E-state index contributed by atoms with van der Waals surface area (Å²) >= 11 is 0. The summed E-state index contributed by atoms with van der Waals surface area (Å²) in [5, 5.41) is 0. The van der Waals surface area contributed by atoms with Crippen molar-refractivity contribution < 1.29 is 4.79 Å². The first-order valence-corrected chi connectivity index (χ1v) is 4.79. The number of Topliss-reactive ketones (excluding diaryl/α,β-unsaturated/α-hetero) is 1. The van der Waals surface area contributed by atoms with Gasteiger partial charge in [-0.25, -0.2) is 15.0 Å². The molecular weight excluding hydrogens is 204 g/mol. The second kappa shape index (κ2) is 4.14. The summed E-state index contributed by atoms with van der Waals surface area (Å²) in [6.45, 7) is 3.27. The van der Waals surface area contributed by atoms with E-state index in [-0.39, 0.29) is 5.78 Å². The average Bonchev–Trinajstić information content (AvgIpc) is 2.29. The highest BCUT2D eigenvalue weighted by atomic mass is 16.1. The first-order chi connectivity index (χ1) is 7.68. The number of aromatic nitrogens is 4. The molecule has 0 aliphatic rings. The molecule has 2 rings (SSSR count). The molecule has 2 heterocycles. The van der Waals surface area contributed by atoms with Crippen LogP contribution in [0.3, 0.4) is 0 Å². The van der Waals surface area contributed by atoms with Gasteiger partial charge in [0.1, 0.15) is 5.69 Å². The van der Waals surface area contributed by atoms with E-state index in [9.17, 15) is 4.79 Å². The van der Waals surface area contributed by atoms with Crippen molar-refractivity contribution in [3.63, 3.8) is 0 Å². The Bertz CT molecular complexity index is 525. The summed E-state index contributed by atoms with van der Waals surface area (Å²) in [5.41, 5.74) is 1.79. The zero-order valence-corrected chi connectivity index (χ0v) is 9.01. The predicted molar refractivity (Wildman–Crippen MR) is 57.8 cm³/mol. The summed E-state index contributed by atoms with van der Waals surface area (Å²) in [6.07, 6.45) is 6.27. The zero-order chi connectivity index (χ0) is 11.5. The highest BCUT2D eigenvalue weighted by Gasteiger charge is 2.09. The highest BCUT2D eigenvalue weighted by Crippen LogP contribution is 2.12. The van der Waals surface area contributed by atoms with E-state index in [0.717, 1.165) is 0 Å². The molecule has 80 valence electrons. The minimum atomic E-state index is -0.0387. The van der Waals surface area contributed by atoms with Gasteiger partial charge in [-0.3, -0.25) is 9.78 Å². The van der Waals surface area contributed by atoms with E-state index in [0.29, 0.717) is 22.8 Å². The predicted octanol–water partition coefficient (Wildman–Crippen LogP) is 1.44. The number of aryl methyl sites for hydroxylation is 1. The third-order valence-electron chi connectivity index (χ3n) is 2.15. The van der Waals surface area contributed by atoms with Crippen molar-refractivity contribution in [2.24, 2.45) is 0 Å². The van der Waals surface area contributed by atoms with Crippen LogP contribution in [0.1, 0.15) is 23.0 Å². The SMILES string of the molecule is CC(=O)c1cnc(-c2cnccn2)nc1C. The monoisotopic (exact) mass is 214 g/mol. The average molecular weight is 214 g/mol. The van der Waals surface area contributed by atoms with Crippen LogP contribution < -0.4 is 0 Å². The minimum absolute atomic E-state index is 0.0387. The Balaban J connectivity index is 2.46. The highest BCUT2D eigenvalue weighted by molar-refractivity contribution is 5.94. The number of hydrogen-bond acceptors (Lipinski definition) is 5. The molecule has 0 saturated heterocycles. The molecule has 5 nitrogen and oxygen atoms in total. The van der Waals surface area contributed by atoms with Gasteiger partial charge in [-0.1, -0.05) is 0 Å². The van der Waals surface area contributed by atoms with Gasteiger partial charge in [-0.05, 0) is 13.8 Å². The Labute approximate surface area is 92.6 Å². The first-order valence-electron chi connectivity index (χ1n) is 4.79. The van der Waals surface area contributed by atoms with E-state index in [2.05, 4.69) is 19.9 Å². The maximum atomic E-state index is 11.2. The molecule has 5 heteroatoms. The molecule has 0 bridgehead atoms. The normalized spacial score (nSPS) is 10.1. The molecule has 0 aromatic carbocycles. The van der Waals surface area contributed by atoms with Crippen molar-refractivity contribution in [2.75, 3.05) is 0 Å². The van der Waals surface area contributed by atoms with Crippen LogP contribution >= 0.6 is 0 Å². The summed E-state index contributed by atoms with van der Waals surface area (Å²) in [6, 6.07) is 0. The number of hydrogen-bond donors (Lipinski definition) is 0. The molecule has 0 aliphatic carbocycles. The second-order valence-corrected chi connectivity index (χ2v) is 3.34. The molecule has 16 heavy (non-hydrogen) atoms. The number of carbonyl (C=O) groups is 1. The van der Waals surface area contributed by atoms with Crippen LogP contribution in [0.4, 0.5) is 0 Å². The topological polar surface area (TPSA) is 68.6 Å². The maximum absolute atomic E-state index is 11.2. The van der Waals surface area contributed by atoms with Crippen molar-refractivity contribution in [2.45, 2.75) is 13.8 Å². The number of carbonyl (C=O) groups excluding carboxylic acids is 1. The summed E-state index contributed by atoms with van der Waals surface area (Å²) in [7, 11) is 0.